The van der Waals surface area contributed by atoms with Crippen LogP contribution in [0.25, 0.3) is 22.3 Å². The van der Waals surface area contributed by atoms with E-state index in [1.54, 1.807) is 11.4 Å². The Bertz CT molecular complexity index is 868. The third-order valence-corrected chi connectivity index (χ3v) is 5.60. The van der Waals surface area contributed by atoms with E-state index in [-0.39, 0.29) is 4.21 Å². The van der Waals surface area contributed by atoms with Crippen LogP contribution in [-0.4, -0.2) is 8.42 Å². The Kier molecular flexibility index (Phi) is 3.63. The molecule has 5 heteroatoms. The fourth-order valence-electron chi connectivity index (χ4n) is 2.23. The first-order chi connectivity index (χ1) is 10.1. The summed E-state index contributed by atoms with van der Waals surface area (Å²) in [6.45, 7) is 0. The standard InChI is InChI=1S/C16H13NO2S2/c17-21(18,19)16-15(9-10-20-16)14-8-4-7-13(11-14)12-5-2-1-3-6-12/h1-11H,(H2,17,18,19). The van der Waals surface area contributed by atoms with Crippen molar-refractivity contribution in [2.75, 3.05) is 0 Å². The molecule has 3 aromatic rings. The van der Waals surface area contributed by atoms with Gasteiger partial charge in [0.25, 0.3) is 0 Å². The predicted octanol–water partition coefficient (Wildman–Crippen LogP) is 3.73. The minimum atomic E-state index is -3.70. The zero-order chi connectivity index (χ0) is 14.9. The average Bonchev–Trinajstić information content (AvgIpc) is 2.98. The smallest absolute Gasteiger partial charge is 0.224 e. The molecule has 0 aliphatic carbocycles. The summed E-state index contributed by atoms with van der Waals surface area (Å²) in [4.78, 5) is 0. The minimum Gasteiger partial charge on any atom is -0.224 e. The van der Waals surface area contributed by atoms with E-state index in [4.69, 9.17) is 5.14 Å². The van der Waals surface area contributed by atoms with Gasteiger partial charge in [0, 0.05) is 5.56 Å². The Labute approximate surface area is 127 Å². The van der Waals surface area contributed by atoms with Crippen LogP contribution in [0.3, 0.4) is 0 Å². The summed E-state index contributed by atoms with van der Waals surface area (Å²) in [5.74, 6) is 0. The van der Waals surface area contributed by atoms with E-state index in [9.17, 15) is 8.42 Å². The lowest BCUT2D eigenvalue weighted by molar-refractivity contribution is 0.600. The zero-order valence-corrected chi connectivity index (χ0v) is 12.7. The Morgan fingerprint density at radius 1 is 0.810 bits per heavy atom. The number of primary sulfonamides is 1. The van der Waals surface area contributed by atoms with Gasteiger partial charge in [0.15, 0.2) is 0 Å². The fraction of sp³-hybridized carbons (Fsp3) is 0. The highest BCUT2D eigenvalue weighted by Gasteiger charge is 2.17. The van der Waals surface area contributed by atoms with Crippen molar-refractivity contribution in [3.63, 3.8) is 0 Å². The van der Waals surface area contributed by atoms with E-state index in [1.807, 2.05) is 54.6 Å². The van der Waals surface area contributed by atoms with Gasteiger partial charge in [-0.05, 0) is 34.2 Å². The molecule has 2 N–H and O–H groups in total. The molecule has 0 aliphatic heterocycles. The summed E-state index contributed by atoms with van der Waals surface area (Å²) in [6.07, 6.45) is 0. The molecule has 1 aromatic heterocycles. The molecule has 0 saturated heterocycles. The molecule has 0 radical (unpaired) electrons. The van der Waals surface area contributed by atoms with Gasteiger partial charge in [-0.25, -0.2) is 13.6 Å². The third-order valence-electron chi connectivity index (χ3n) is 3.17. The van der Waals surface area contributed by atoms with Crippen LogP contribution in [0.15, 0.2) is 70.3 Å². The van der Waals surface area contributed by atoms with E-state index in [0.717, 1.165) is 28.0 Å². The quantitative estimate of drug-likeness (QED) is 0.800. The molecule has 0 aliphatic rings. The topological polar surface area (TPSA) is 60.2 Å². The highest BCUT2D eigenvalue weighted by Crippen LogP contribution is 2.33. The lowest BCUT2D eigenvalue weighted by Crippen LogP contribution is -2.11. The van der Waals surface area contributed by atoms with E-state index in [2.05, 4.69) is 0 Å². The number of rotatable bonds is 3. The molecule has 0 amide bonds. The summed E-state index contributed by atoms with van der Waals surface area (Å²) in [5, 5.41) is 7.01. The van der Waals surface area contributed by atoms with E-state index < -0.39 is 10.0 Å². The summed E-state index contributed by atoms with van der Waals surface area (Å²) in [6, 6.07) is 19.5. The minimum absolute atomic E-state index is 0.202. The second kappa shape index (κ2) is 5.44. The van der Waals surface area contributed by atoms with Crippen LogP contribution in [0.1, 0.15) is 0 Å². The van der Waals surface area contributed by atoms with Crippen molar-refractivity contribution in [2.24, 2.45) is 5.14 Å². The van der Waals surface area contributed by atoms with E-state index in [1.165, 1.54) is 0 Å². The first-order valence-electron chi connectivity index (χ1n) is 6.32. The van der Waals surface area contributed by atoms with Crippen LogP contribution < -0.4 is 5.14 Å². The molecule has 1 heterocycles. The average molecular weight is 315 g/mol. The van der Waals surface area contributed by atoms with Crippen molar-refractivity contribution in [1.82, 2.24) is 0 Å². The van der Waals surface area contributed by atoms with Crippen LogP contribution in [-0.2, 0) is 10.0 Å². The third kappa shape index (κ3) is 2.90. The van der Waals surface area contributed by atoms with Gasteiger partial charge < -0.3 is 0 Å². The normalized spacial score (nSPS) is 11.5. The number of hydrogen-bond donors (Lipinski definition) is 1. The molecule has 0 spiro atoms. The van der Waals surface area contributed by atoms with Gasteiger partial charge in [0.05, 0.1) is 0 Å². The van der Waals surface area contributed by atoms with E-state index >= 15 is 0 Å². The SMILES string of the molecule is NS(=O)(=O)c1sccc1-c1cccc(-c2ccccc2)c1. The number of thiophene rings is 1. The maximum atomic E-state index is 11.6. The molecule has 106 valence electrons. The van der Waals surface area contributed by atoms with Gasteiger partial charge in [-0.1, -0.05) is 48.5 Å². The van der Waals surface area contributed by atoms with Crippen molar-refractivity contribution in [1.29, 1.82) is 0 Å². The Hall–Kier alpha value is -1.95. The van der Waals surface area contributed by atoms with E-state index in [0.29, 0.717) is 5.56 Å². The summed E-state index contributed by atoms with van der Waals surface area (Å²) in [5.41, 5.74) is 3.63. The largest absolute Gasteiger partial charge is 0.248 e. The molecule has 0 atom stereocenters. The monoisotopic (exact) mass is 315 g/mol. The van der Waals surface area contributed by atoms with Crippen LogP contribution >= 0.6 is 11.3 Å². The van der Waals surface area contributed by atoms with Gasteiger partial charge in [-0.2, -0.15) is 0 Å². The number of benzene rings is 2. The zero-order valence-electron chi connectivity index (χ0n) is 11.1. The van der Waals surface area contributed by atoms with Crippen LogP contribution in [0.5, 0.6) is 0 Å². The second-order valence-corrected chi connectivity index (χ2v) is 7.29. The molecule has 21 heavy (non-hydrogen) atoms. The van der Waals surface area contributed by atoms with Crippen molar-refractivity contribution in [3.05, 3.63) is 66.0 Å². The maximum absolute atomic E-state index is 11.6. The molecular weight excluding hydrogens is 302 g/mol. The lowest BCUT2D eigenvalue weighted by atomic mass is 10.0. The van der Waals surface area contributed by atoms with Gasteiger partial charge in [-0.3, -0.25) is 0 Å². The number of hydrogen-bond acceptors (Lipinski definition) is 3. The van der Waals surface area contributed by atoms with Crippen LogP contribution in [0.2, 0.25) is 0 Å². The van der Waals surface area contributed by atoms with Crippen molar-refractivity contribution in [2.45, 2.75) is 4.21 Å². The molecule has 0 fully saturated rings. The predicted molar refractivity (Wildman–Crippen MR) is 86.6 cm³/mol. The Morgan fingerprint density at radius 2 is 1.48 bits per heavy atom. The summed E-state index contributed by atoms with van der Waals surface area (Å²) in [7, 11) is -3.70. The molecule has 0 saturated carbocycles. The van der Waals surface area contributed by atoms with Gasteiger partial charge in [0.1, 0.15) is 4.21 Å². The molecule has 3 nitrogen and oxygen atoms in total. The first-order valence-corrected chi connectivity index (χ1v) is 8.74. The molecular formula is C16H13NO2S2. The molecule has 0 unspecified atom stereocenters. The second-order valence-electron chi connectivity index (χ2n) is 4.61. The summed E-state index contributed by atoms with van der Waals surface area (Å²) < 4.78 is 23.5. The Balaban J connectivity index is 2.12. The van der Waals surface area contributed by atoms with Crippen LogP contribution in [0, 0.1) is 0 Å². The lowest BCUT2D eigenvalue weighted by Gasteiger charge is -2.06. The van der Waals surface area contributed by atoms with Crippen molar-refractivity contribution in [3.8, 4) is 22.3 Å². The number of sulfonamides is 1. The summed E-state index contributed by atoms with van der Waals surface area (Å²) >= 11 is 1.14. The van der Waals surface area contributed by atoms with Crippen molar-refractivity contribution >= 4 is 21.4 Å². The first kappa shape index (κ1) is 14.0. The number of nitrogens with two attached hydrogens (primary N) is 1. The van der Waals surface area contributed by atoms with Crippen LogP contribution in [0.4, 0.5) is 0 Å². The van der Waals surface area contributed by atoms with Gasteiger partial charge >= 0.3 is 0 Å². The molecule has 0 bridgehead atoms. The van der Waals surface area contributed by atoms with Gasteiger partial charge in [-0.15, -0.1) is 11.3 Å². The fourth-order valence-corrected chi connectivity index (χ4v) is 4.06. The maximum Gasteiger partial charge on any atom is 0.248 e. The van der Waals surface area contributed by atoms with Crippen molar-refractivity contribution < 1.29 is 8.42 Å². The molecule has 2 aromatic carbocycles. The van der Waals surface area contributed by atoms with Gasteiger partial charge in [0.2, 0.25) is 10.0 Å². The highest BCUT2D eigenvalue weighted by molar-refractivity contribution is 7.91. The highest BCUT2D eigenvalue weighted by atomic mass is 32.2. The Morgan fingerprint density at radius 3 is 2.19 bits per heavy atom. The molecule has 3 rings (SSSR count).